The SMILES string of the molecule is NC(Cc1cnc2ccccc2c1)N1CCCC1. The molecule has 3 nitrogen and oxygen atoms in total. The second-order valence-corrected chi connectivity index (χ2v) is 5.05. The van der Waals surface area contributed by atoms with Crippen LogP contribution in [0.4, 0.5) is 0 Å². The van der Waals surface area contributed by atoms with E-state index in [-0.39, 0.29) is 6.17 Å². The maximum absolute atomic E-state index is 6.25. The first kappa shape index (κ1) is 11.6. The molecule has 0 radical (unpaired) electrons. The van der Waals surface area contributed by atoms with Gasteiger partial charge in [-0.15, -0.1) is 0 Å². The quantitative estimate of drug-likeness (QED) is 0.895. The van der Waals surface area contributed by atoms with Gasteiger partial charge in [0.2, 0.25) is 0 Å². The summed E-state index contributed by atoms with van der Waals surface area (Å²) in [4.78, 5) is 6.86. The zero-order valence-corrected chi connectivity index (χ0v) is 10.5. The van der Waals surface area contributed by atoms with Crippen LogP contribution in [0.25, 0.3) is 10.9 Å². The number of hydrogen-bond donors (Lipinski definition) is 1. The van der Waals surface area contributed by atoms with Crippen molar-refractivity contribution in [2.75, 3.05) is 13.1 Å². The molecule has 1 atom stereocenters. The Kier molecular flexibility index (Phi) is 3.26. The standard InChI is InChI=1S/C15H19N3/c16-15(18-7-3-4-8-18)10-12-9-13-5-1-2-6-14(13)17-11-12/h1-2,5-6,9,11,15H,3-4,7-8,10,16H2. The molecule has 2 aromatic rings. The lowest BCUT2D eigenvalue weighted by molar-refractivity contribution is 0.246. The predicted molar refractivity (Wildman–Crippen MR) is 74.2 cm³/mol. The summed E-state index contributed by atoms with van der Waals surface area (Å²) >= 11 is 0. The number of rotatable bonds is 3. The summed E-state index contributed by atoms with van der Waals surface area (Å²) < 4.78 is 0. The molecule has 0 bridgehead atoms. The summed E-state index contributed by atoms with van der Waals surface area (Å²) in [6, 6.07) is 10.4. The van der Waals surface area contributed by atoms with Crippen molar-refractivity contribution >= 4 is 10.9 Å². The van der Waals surface area contributed by atoms with Crippen LogP contribution in [0.3, 0.4) is 0 Å². The molecule has 18 heavy (non-hydrogen) atoms. The molecule has 3 heteroatoms. The summed E-state index contributed by atoms with van der Waals surface area (Å²) in [7, 11) is 0. The van der Waals surface area contributed by atoms with Crippen LogP contribution in [0.2, 0.25) is 0 Å². The van der Waals surface area contributed by atoms with Crippen molar-refractivity contribution in [3.8, 4) is 0 Å². The van der Waals surface area contributed by atoms with Crippen LogP contribution in [-0.4, -0.2) is 29.1 Å². The number of fused-ring (bicyclic) bond motifs is 1. The van der Waals surface area contributed by atoms with Gasteiger partial charge in [-0.1, -0.05) is 18.2 Å². The third-order valence-corrected chi connectivity index (χ3v) is 3.70. The van der Waals surface area contributed by atoms with Gasteiger partial charge in [-0.05, 0) is 43.6 Å². The molecule has 2 N–H and O–H groups in total. The largest absolute Gasteiger partial charge is 0.315 e. The van der Waals surface area contributed by atoms with E-state index in [0.29, 0.717) is 0 Å². The highest BCUT2D eigenvalue weighted by molar-refractivity contribution is 5.78. The molecule has 3 rings (SSSR count). The van der Waals surface area contributed by atoms with Crippen molar-refractivity contribution < 1.29 is 0 Å². The molecule has 1 aliphatic heterocycles. The fraction of sp³-hybridized carbons (Fsp3) is 0.400. The zero-order valence-electron chi connectivity index (χ0n) is 10.5. The number of pyridine rings is 1. The van der Waals surface area contributed by atoms with Gasteiger partial charge in [-0.25, -0.2) is 0 Å². The lowest BCUT2D eigenvalue weighted by Gasteiger charge is -2.23. The van der Waals surface area contributed by atoms with E-state index in [1.165, 1.54) is 23.8 Å². The first-order valence-corrected chi connectivity index (χ1v) is 6.66. The van der Waals surface area contributed by atoms with Gasteiger partial charge in [0, 0.05) is 18.0 Å². The Labute approximate surface area is 108 Å². The molecule has 1 aromatic heterocycles. The Bertz CT molecular complexity index is 532. The van der Waals surface area contributed by atoms with Crippen molar-refractivity contribution in [1.29, 1.82) is 0 Å². The number of nitrogens with zero attached hydrogens (tertiary/aromatic N) is 2. The summed E-state index contributed by atoms with van der Waals surface area (Å²) in [6.45, 7) is 2.28. The van der Waals surface area contributed by atoms with Gasteiger partial charge in [0.1, 0.15) is 0 Å². The molecule has 1 saturated heterocycles. The van der Waals surface area contributed by atoms with Crippen LogP contribution in [0.15, 0.2) is 36.5 Å². The molecule has 94 valence electrons. The second-order valence-electron chi connectivity index (χ2n) is 5.05. The summed E-state index contributed by atoms with van der Waals surface area (Å²) in [5.41, 5.74) is 8.53. The van der Waals surface area contributed by atoms with E-state index < -0.39 is 0 Å². The van der Waals surface area contributed by atoms with Crippen LogP contribution in [0.1, 0.15) is 18.4 Å². The summed E-state index contributed by atoms with van der Waals surface area (Å²) in [5, 5.41) is 1.20. The van der Waals surface area contributed by atoms with Gasteiger partial charge < -0.3 is 5.73 Å². The highest BCUT2D eigenvalue weighted by atomic mass is 15.2. The Morgan fingerprint density at radius 1 is 1.22 bits per heavy atom. The first-order valence-electron chi connectivity index (χ1n) is 6.66. The normalized spacial score (nSPS) is 18.3. The van der Waals surface area contributed by atoms with E-state index in [9.17, 15) is 0 Å². The van der Waals surface area contributed by atoms with Gasteiger partial charge in [-0.3, -0.25) is 9.88 Å². The molecule has 1 fully saturated rings. The van der Waals surface area contributed by atoms with Gasteiger partial charge in [0.25, 0.3) is 0 Å². The van der Waals surface area contributed by atoms with Crippen molar-refractivity contribution in [2.24, 2.45) is 5.73 Å². The number of para-hydroxylation sites is 1. The highest BCUT2D eigenvalue weighted by Gasteiger charge is 2.18. The molecular formula is C15H19N3. The maximum Gasteiger partial charge on any atom is 0.0702 e. The third-order valence-electron chi connectivity index (χ3n) is 3.70. The van der Waals surface area contributed by atoms with Crippen molar-refractivity contribution in [2.45, 2.75) is 25.4 Å². The molecular weight excluding hydrogens is 222 g/mol. The van der Waals surface area contributed by atoms with E-state index in [0.717, 1.165) is 25.0 Å². The third kappa shape index (κ3) is 2.37. The molecule has 0 saturated carbocycles. The van der Waals surface area contributed by atoms with Crippen LogP contribution in [0.5, 0.6) is 0 Å². The lowest BCUT2D eigenvalue weighted by atomic mass is 10.1. The van der Waals surface area contributed by atoms with Crippen LogP contribution in [-0.2, 0) is 6.42 Å². The Balaban J connectivity index is 1.77. The smallest absolute Gasteiger partial charge is 0.0702 e. The number of hydrogen-bond acceptors (Lipinski definition) is 3. The van der Waals surface area contributed by atoms with Gasteiger partial charge >= 0.3 is 0 Å². The van der Waals surface area contributed by atoms with Crippen LogP contribution in [0, 0.1) is 0 Å². The molecule has 2 heterocycles. The average Bonchev–Trinajstić information content (AvgIpc) is 2.92. The van der Waals surface area contributed by atoms with Gasteiger partial charge in [-0.2, -0.15) is 0 Å². The first-order chi connectivity index (χ1) is 8.83. The van der Waals surface area contributed by atoms with Crippen molar-refractivity contribution in [1.82, 2.24) is 9.88 Å². The Morgan fingerprint density at radius 2 is 2.00 bits per heavy atom. The molecule has 0 amide bonds. The summed E-state index contributed by atoms with van der Waals surface area (Å²) in [5.74, 6) is 0. The Hall–Kier alpha value is -1.45. The number of nitrogens with two attached hydrogens (primary N) is 1. The van der Waals surface area contributed by atoms with E-state index in [4.69, 9.17) is 5.73 Å². The molecule has 1 aromatic carbocycles. The minimum Gasteiger partial charge on any atom is -0.315 e. The summed E-state index contributed by atoms with van der Waals surface area (Å²) in [6.07, 6.45) is 5.54. The molecule has 1 aliphatic rings. The molecule has 0 aliphatic carbocycles. The minimum atomic E-state index is 0.135. The van der Waals surface area contributed by atoms with Crippen LogP contribution < -0.4 is 5.73 Å². The van der Waals surface area contributed by atoms with Gasteiger partial charge in [0.05, 0.1) is 11.7 Å². The van der Waals surface area contributed by atoms with Crippen LogP contribution >= 0.6 is 0 Å². The topological polar surface area (TPSA) is 42.1 Å². The lowest BCUT2D eigenvalue weighted by Crippen LogP contribution is -2.41. The zero-order chi connectivity index (χ0) is 12.4. The number of benzene rings is 1. The second kappa shape index (κ2) is 5.04. The molecule has 1 unspecified atom stereocenters. The fourth-order valence-electron chi connectivity index (χ4n) is 2.67. The predicted octanol–water partition coefficient (Wildman–Crippen LogP) is 2.16. The molecule has 0 spiro atoms. The van der Waals surface area contributed by atoms with Crippen molar-refractivity contribution in [3.05, 3.63) is 42.1 Å². The number of likely N-dealkylation sites (tertiary alicyclic amines) is 1. The van der Waals surface area contributed by atoms with E-state index in [1.807, 2.05) is 24.4 Å². The van der Waals surface area contributed by atoms with E-state index in [2.05, 4.69) is 22.0 Å². The van der Waals surface area contributed by atoms with Gasteiger partial charge in [0.15, 0.2) is 0 Å². The van der Waals surface area contributed by atoms with Crippen molar-refractivity contribution in [3.63, 3.8) is 0 Å². The average molecular weight is 241 g/mol. The monoisotopic (exact) mass is 241 g/mol. The minimum absolute atomic E-state index is 0.135. The van der Waals surface area contributed by atoms with E-state index >= 15 is 0 Å². The Morgan fingerprint density at radius 3 is 2.83 bits per heavy atom. The van der Waals surface area contributed by atoms with E-state index in [1.54, 1.807) is 0 Å². The number of aromatic nitrogens is 1. The maximum atomic E-state index is 6.25. The fourth-order valence-corrected chi connectivity index (χ4v) is 2.67. The highest BCUT2D eigenvalue weighted by Crippen LogP contribution is 2.16.